The molecular formula is C20H23N3O. The fraction of sp³-hybridized carbons (Fsp3) is 0.350. The minimum absolute atomic E-state index is 0.309. The molecule has 4 nitrogen and oxygen atoms in total. The molecule has 4 heteroatoms. The van der Waals surface area contributed by atoms with Crippen LogP contribution in [-0.4, -0.2) is 48.6 Å². The highest BCUT2D eigenvalue weighted by molar-refractivity contribution is 6.01. The molecule has 2 heterocycles. The molecule has 4 rings (SSSR count). The standard InChI is InChI=1S/C20H23N3O/c1-3-7-17(8-4-1)19-15-20(18-9-5-2-6-10-18)23(21-19)16-22-11-13-24-14-12-22/h1-10,20H,11-16H2/t20-/m0/s1. The lowest BCUT2D eigenvalue weighted by Crippen LogP contribution is -2.42. The number of nitrogens with zero attached hydrogens (tertiary/aromatic N) is 3. The van der Waals surface area contributed by atoms with Crippen molar-refractivity contribution in [2.24, 2.45) is 5.10 Å². The second-order valence-electron chi connectivity index (χ2n) is 6.35. The summed E-state index contributed by atoms with van der Waals surface area (Å²) in [6.45, 7) is 4.46. The Kier molecular flexibility index (Phi) is 4.58. The van der Waals surface area contributed by atoms with E-state index in [1.807, 2.05) is 0 Å². The zero-order chi connectivity index (χ0) is 16.2. The van der Waals surface area contributed by atoms with Crippen molar-refractivity contribution in [2.45, 2.75) is 12.5 Å². The van der Waals surface area contributed by atoms with Crippen LogP contribution in [0.5, 0.6) is 0 Å². The molecule has 2 aliphatic heterocycles. The Morgan fingerprint density at radius 1 is 0.917 bits per heavy atom. The van der Waals surface area contributed by atoms with E-state index >= 15 is 0 Å². The van der Waals surface area contributed by atoms with Crippen molar-refractivity contribution in [1.29, 1.82) is 0 Å². The van der Waals surface area contributed by atoms with Crippen molar-refractivity contribution in [3.63, 3.8) is 0 Å². The molecule has 2 aromatic carbocycles. The average molecular weight is 321 g/mol. The summed E-state index contributed by atoms with van der Waals surface area (Å²) >= 11 is 0. The predicted molar refractivity (Wildman–Crippen MR) is 95.9 cm³/mol. The SMILES string of the molecule is c1ccc(C2=NN(CN3CCOCC3)[C@H](c3ccccc3)C2)cc1. The number of hydrazone groups is 1. The zero-order valence-electron chi connectivity index (χ0n) is 13.8. The van der Waals surface area contributed by atoms with Gasteiger partial charge >= 0.3 is 0 Å². The van der Waals surface area contributed by atoms with Crippen LogP contribution in [0.1, 0.15) is 23.6 Å². The van der Waals surface area contributed by atoms with Crippen LogP contribution in [0.15, 0.2) is 65.8 Å². The summed E-state index contributed by atoms with van der Waals surface area (Å²) in [7, 11) is 0. The number of rotatable bonds is 4. The van der Waals surface area contributed by atoms with Crippen molar-refractivity contribution in [3.05, 3.63) is 71.8 Å². The minimum Gasteiger partial charge on any atom is -0.379 e. The third-order valence-electron chi connectivity index (χ3n) is 4.74. The van der Waals surface area contributed by atoms with E-state index in [0.717, 1.165) is 39.4 Å². The van der Waals surface area contributed by atoms with E-state index in [4.69, 9.17) is 9.84 Å². The Balaban J connectivity index is 1.58. The first-order valence-electron chi connectivity index (χ1n) is 8.65. The Morgan fingerprint density at radius 3 is 2.29 bits per heavy atom. The fourth-order valence-electron chi connectivity index (χ4n) is 3.40. The van der Waals surface area contributed by atoms with E-state index in [1.165, 1.54) is 16.8 Å². The van der Waals surface area contributed by atoms with Crippen LogP contribution in [0.3, 0.4) is 0 Å². The number of hydrogen-bond acceptors (Lipinski definition) is 4. The normalized spacial score (nSPS) is 21.8. The van der Waals surface area contributed by atoms with Gasteiger partial charge in [-0.05, 0) is 11.1 Å². The Morgan fingerprint density at radius 2 is 1.58 bits per heavy atom. The van der Waals surface area contributed by atoms with Crippen LogP contribution in [0.2, 0.25) is 0 Å². The summed E-state index contributed by atoms with van der Waals surface area (Å²) in [5, 5.41) is 7.23. The van der Waals surface area contributed by atoms with Crippen LogP contribution in [-0.2, 0) is 4.74 Å². The van der Waals surface area contributed by atoms with Gasteiger partial charge in [0, 0.05) is 19.5 Å². The van der Waals surface area contributed by atoms with Crippen molar-refractivity contribution in [2.75, 3.05) is 33.0 Å². The number of hydrogen-bond donors (Lipinski definition) is 0. The largest absolute Gasteiger partial charge is 0.379 e. The molecule has 2 aliphatic rings. The van der Waals surface area contributed by atoms with E-state index < -0.39 is 0 Å². The summed E-state index contributed by atoms with van der Waals surface area (Å²) < 4.78 is 5.47. The monoisotopic (exact) mass is 321 g/mol. The lowest BCUT2D eigenvalue weighted by atomic mass is 9.99. The maximum absolute atomic E-state index is 5.47. The molecule has 0 aromatic heterocycles. The van der Waals surface area contributed by atoms with Gasteiger partial charge in [0.25, 0.3) is 0 Å². The first-order valence-corrected chi connectivity index (χ1v) is 8.65. The molecule has 2 aromatic rings. The minimum atomic E-state index is 0.309. The van der Waals surface area contributed by atoms with Gasteiger partial charge in [-0.3, -0.25) is 9.91 Å². The van der Waals surface area contributed by atoms with Crippen LogP contribution < -0.4 is 0 Å². The molecular weight excluding hydrogens is 298 g/mol. The van der Waals surface area contributed by atoms with E-state index in [0.29, 0.717) is 6.04 Å². The van der Waals surface area contributed by atoms with E-state index in [-0.39, 0.29) is 0 Å². The zero-order valence-corrected chi connectivity index (χ0v) is 13.8. The van der Waals surface area contributed by atoms with Gasteiger partial charge in [-0.2, -0.15) is 5.10 Å². The molecule has 0 aliphatic carbocycles. The van der Waals surface area contributed by atoms with E-state index in [1.54, 1.807) is 0 Å². The van der Waals surface area contributed by atoms with Gasteiger partial charge in [-0.25, -0.2) is 0 Å². The maximum atomic E-state index is 5.47. The quantitative estimate of drug-likeness (QED) is 0.866. The summed E-state index contributed by atoms with van der Waals surface area (Å²) in [6, 6.07) is 21.6. The molecule has 1 saturated heterocycles. The van der Waals surface area contributed by atoms with Crippen LogP contribution in [0.25, 0.3) is 0 Å². The third kappa shape index (κ3) is 3.35. The first-order chi connectivity index (χ1) is 11.9. The lowest BCUT2D eigenvalue weighted by Gasteiger charge is -2.33. The molecule has 24 heavy (non-hydrogen) atoms. The molecule has 0 spiro atoms. The van der Waals surface area contributed by atoms with Gasteiger partial charge in [0.1, 0.15) is 0 Å². The highest BCUT2D eigenvalue weighted by Crippen LogP contribution is 2.32. The molecule has 0 amide bonds. The molecule has 0 bridgehead atoms. The summed E-state index contributed by atoms with van der Waals surface area (Å²) in [6.07, 6.45) is 0.957. The summed E-state index contributed by atoms with van der Waals surface area (Å²) in [5.74, 6) is 0. The number of benzene rings is 2. The van der Waals surface area contributed by atoms with Crippen LogP contribution in [0.4, 0.5) is 0 Å². The Labute approximate surface area is 143 Å². The van der Waals surface area contributed by atoms with Gasteiger partial charge in [-0.15, -0.1) is 0 Å². The van der Waals surface area contributed by atoms with Gasteiger partial charge in [0.15, 0.2) is 0 Å². The van der Waals surface area contributed by atoms with Gasteiger partial charge in [0.05, 0.1) is 31.6 Å². The number of morpholine rings is 1. The first kappa shape index (κ1) is 15.4. The molecule has 0 radical (unpaired) electrons. The second kappa shape index (κ2) is 7.16. The van der Waals surface area contributed by atoms with Crippen molar-refractivity contribution in [1.82, 2.24) is 9.91 Å². The molecule has 0 unspecified atom stereocenters. The molecule has 1 atom stereocenters. The van der Waals surface area contributed by atoms with Crippen molar-refractivity contribution >= 4 is 5.71 Å². The van der Waals surface area contributed by atoms with Gasteiger partial charge < -0.3 is 4.74 Å². The topological polar surface area (TPSA) is 28.1 Å². The van der Waals surface area contributed by atoms with E-state index in [2.05, 4.69) is 70.6 Å². The third-order valence-corrected chi connectivity index (χ3v) is 4.74. The molecule has 0 saturated carbocycles. The summed E-state index contributed by atoms with van der Waals surface area (Å²) in [4.78, 5) is 2.43. The average Bonchev–Trinajstić information content (AvgIpc) is 3.08. The van der Waals surface area contributed by atoms with Gasteiger partial charge in [-0.1, -0.05) is 60.7 Å². The maximum Gasteiger partial charge on any atom is 0.0888 e. The molecule has 0 N–H and O–H groups in total. The number of ether oxygens (including phenoxy) is 1. The van der Waals surface area contributed by atoms with Crippen LogP contribution in [0, 0.1) is 0 Å². The van der Waals surface area contributed by atoms with Crippen LogP contribution >= 0.6 is 0 Å². The highest BCUT2D eigenvalue weighted by atomic mass is 16.5. The lowest BCUT2D eigenvalue weighted by molar-refractivity contribution is 0.00382. The molecule has 124 valence electrons. The van der Waals surface area contributed by atoms with E-state index in [9.17, 15) is 0 Å². The van der Waals surface area contributed by atoms with Crippen molar-refractivity contribution < 1.29 is 4.74 Å². The van der Waals surface area contributed by atoms with Gasteiger partial charge in [0.2, 0.25) is 0 Å². The molecule has 1 fully saturated rings. The smallest absolute Gasteiger partial charge is 0.0888 e. The highest BCUT2D eigenvalue weighted by Gasteiger charge is 2.30. The second-order valence-corrected chi connectivity index (χ2v) is 6.35. The van der Waals surface area contributed by atoms with Crippen molar-refractivity contribution in [3.8, 4) is 0 Å². The Bertz CT molecular complexity index is 681. The predicted octanol–water partition coefficient (Wildman–Crippen LogP) is 3.13. The summed E-state index contributed by atoms with van der Waals surface area (Å²) in [5.41, 5.74) is 3.74. The Hall–Kier alpha value is -2.17. The fourth-order valence-corrected chi connectivity index (χ4v) is 3.40.